The van der Waals surface area contributed by atoms with Crippen molar-refractivity contribution in [3.63, 3.8) is 0 Å². The predicted molar refractivity (Wildman–Crippen MR) is 73.0 cm³/mol. The summed E-state index contributed by atoms with van der Waals surface area (Å²) in [5, 5.41) is 0. The van der Waals surface area contributed by atoms with Gasteiger partial charge in [0.05, 0.1) is 5.41 Å². The van der Waals surface area contributed by atoms with Gasteiger partial charge >= 0.3 is 0 Å². The van der Waals surface area contributed by atoms with E-state index in [9.17, 15) is 4.79 Å². The Morgan fingerprint density at radius 3 is 2.50 bits per heavy atom. The summed E-state index contributed by atoms with van der Waals surface area (Å²) in [4.78, 5) is 12.3. The third-order valence-corrected chi connectivity index (χ3v) is 4.18. The molecule has 1 aromatic carbocycles. The molecule has 1 aliphatic carbocycles. The molecule has 18 heavy (non-hydrogen) atoms. The van der Waals surface area contributed by atoms with Gasteiger partial charge in [0, 0.05) is 0 Å². The quantitative estimate of drug-likeness (QED) is 0.478. The average molecular weight is 246 g/mol. The molecule has 3 heteroatoms. The minimum absolute atomic E-state index is 0.0316. The van der Waals surface area contributed by atoms with Crippen LogP contribution in [-0.4, -0.2) is 5.91 Å². The second-order valence-electron chi connectivity index (χ2n) is 5.43. The zero-order valence-corrected chi connectivity index (χ0v) is 11.3. The molecule has 1 saturated carbocycles. The topological polar surface area (TPSA) is 55.1 Å². The lowest BCUT2D eigenvalue weighted by Gasteiger charge is -2.37. The normalized spacial score (nSPS) is 18.4. The van der Waals surface area contributed by atoms with Crippen LogP contribution in [0.2, 0.25) is 0 Å². The number of carbonyl (C=O) groups is 1. The fourth-order valence-electron chi connectivity index (χ4n) is 3.16. The van der Waals surface area contributed by atoms with E-state index >= 15 is 0 Å². The lowest BCUT2D eigenvalue weighted by molar-refractivity contribution is -0.128. The monoisotopic (exact) mass is 246 g/mol. The smallest absolute Gasteiger partial charge is 0.244 e. The lowest BCUT2D eigenvalue weighted by atomic mass is 9.67. The van der Waals surface area contributed by atoms with Crippen molar-refractivity contribution < 1.29 is 4.79 Å². The Morgan fingerprint density at radius 1 is 1.22 bits per heavy atom. The van der Waals surface area contributed by atoms with E-state index in [2.05, 4.69) is 37.5 Å². The highest BCUT2D eigenvalue weighted by Gasteiger charge is 2.41. The number of nitrogens with two attached hydrogens (primary N) is 1. The van der Waals surface area contributed by atoms with E-state index in [1.807, 2.05) is 0 Å². The van der Waals surface area contributed by atoms with Crippen LogP contribution < -0.4 is 11.3 Å². The van der Waals surface area contributed by atoms with Crippen molar-refractivity contribution >= 4 is 5.91 Å². The second-order valence-corrected chi connectivity index (χ2v) is 5.43. The summed E-state index contributed by atoms with van der Waals surface area (Å²) in [5.74, 6) is 5.38. The molecular formula is C15H22N2O. The summed E-state index contributed by atoms with van der Waals surface area (Å²) in [7, 11) is 0. The fourth-order valence-corrected chi connectivity index (χ4v) is 3.16. The van der Waals surface area contributed by atoms with Crippen LogP contribution in [0.15, 0.2) is 18.2 Å². The first kappa shape index (κ1) is 13.1. The number of amides is 1. The first-order valence-corrected chi connectivity index (χ1v) is 6.69. The van der Waals surface area contributed by atoms with E-state index in [1.165, 1.54) is 17.5 Å². The summed E-state index contributed by atoms with van der Waals surface area (Å²) in [6, 6.07) is 6.34. The number of nitrogens with one attached hydrogen (secondary N) is 1. The average Bonchev–Trinajstić information content (AvgIpc) is 2.41. The standard InChI is InChI=1S/C15H22N2O/c1-11-6-7-12(2)13(10-11)15(14(18)17-16)8-4-3-5-9-15/h6-7,10H,3-5,8-9,16H2,1-2H3,(H,17,18). The SMILES string of the molecule is Cc1ccc(C)c(C2(C(=O)NN)CCCCC2)c1. The summed E-state index contributed by atoms with van der Waals surface area (Å²) in [6.07, 6.45) is 5.22. The Balaban J connectivity index is 2.51. The molecule has 0 unspecified atom stereocenters. The molecule has 3 nitrogen and oxygen atoms in total. The third kappa shape index (κ3) is 2.15. The van der Waals surface area contributed by atoms with Gasteiger partial charge in [0.25, 0.3) is 0 Å². The minimum Gasteiger partial charge on any atom is -0.293 e. The van der Waals surface area contributed by atoms with Crippen molar-refractivity contribution in [2.75, 3.05) is 0 Å². The molecule has 0 radical (unpaired) electrons. The van der Waals surface area contributed by atoms with Crippen LogP contribution in [0.4, 0.5) is 0 Å². The van der Waals surface area contributed by atoms with E-state index in [-0.39, 0.29) is 5.91 Å². The predicted octanol–water partition coefficient (Wildman–Crippen LogP) is 2.50. The Morgan fingerprint density at radius 2 is 1.89 bits per heavy atom. The van der Waals surface area contributed by atoms with Gasteiger partial charge in [-0.1, -0.05) is 43.0 Å². The highest BCUT2D eigenvalue weighted by Crippen LogP contribution is 2.41. The lowest BCUT2D eigenvalue weighted by Crippen LogP contribution is -2.48. The Hall–Kier alpha value is -1.35. The van der Waals surface area contributed by atoms with E-state index in [0.29, 0.717) is 0 Å². The molecule has 0 aliphatic heterocycles. The van der Waals surface area contributed by atoms with E-state index in [1.54, 1.807) is 0 Å². The highest BCUT2D eigenvalue weighted by atomic mass is 16.2. The summed E-state index contributed by atoms with van der Waals surface area (Å²) in [5.41, 5.74) is 5.51. The third-order valence-electron chi connectivity index (χ3n) is 4.18. The summed E-state index contributed by atoms with van der Waals surface area (Å²) < 4.78 is 0. The number of benzene rings is 1. The van der Waals surface area contributed by atoms with Gasteiger partial charge in [0.1, 0.15) is 0 Å². The Kier molecular flexibility index (Phi) is 3.71. The Labute approximate surface area is 109 Å². The second kappa shape index (κ2) is 5.11. The van der Waals surface area contributed by atoms with E-state index < -0.39 is 5.41 Å². The summed E-state index contributed by atoms with van der Waals surface area (Å²) >= 11 is 0. The molecular weight excluding hydrogens is 224 g/mol. The zero-order valence-electron chi connectivity index (χ0n) is 11.3. The minimum atomic E-state index is -0.414. The van der Waals surface area contributed by atoms with Crippen LogP contribution in [0.3, 0.4) is 0 Å². The number of hydrazine groups is 1. The van der Waals surface area contributed by atoms with Crippen LogP contribution in [0, 0.1) is 13.8 Å². The first-order valence-electron chi connectivity index (χ1n) is 6.69. The van der Waals surface area contributed by atoms with Crippen molar-refractivity contribution in [2.24, 2.45) is 5.84 Å². The van der Waals surface area contributed by atoms with Gasteiger partial charge in [-0.25, -0.2) is 5.84 Å². The summed E-state index contributed by atoms with van der Waals surface area (Å²) in [6.45, 7) is 4.15. The molecule has 2 rings (SSSR count). The maximum atomic E-state index is 12.3. The number of hydrogen-bond acceptors (Lipinski definition) is 2. The molecule has 1 amide bonds. The largest absolute Gasteiger partial charge is 0.293 e. The van der Waals surface area contributed by atoms with Gasteiger partial charge in [0.2, 0.25) is 5.91 Å². The number of carbonyl (C=O) groups excluding carboxylic acids is 1. The molecule has 1 aromatic rings. The molecule has 0 bridgehead atoms. The molecule has 3 N–H and O–H groups in total. The Bertz CT molecular complexity index is 448. The van der Waals surface area contributed by atoms with Crippen molar-refractivity contribution in [1.29, 1.82) is 0 Å². The van der Waals surface area contributed by atoms with Crippen LogP contribution in [0.25, 0.3) is 0 Å². The number of aryl methyl sites for hydroxylation is 2. The van der Waals surface area contributed by atoms with Crippen molar-refractivity contribution in [2.45, 2.75) is 51.4 Å². The molecule has 1 fully saturated rings. The first-order chi connectivity index (χ1) is 8.60. The fraction of sp³-hybridized carbons (Fsp3) is 0.533. The molecule has 1 aliphatic rings. The van der Waals surface area contributed by atoms with Gasteiger partial charge in [-0.15, -0.1) is 0 Å². The van der Waals surface area contributed by atoms with Gasteiger partial charge in [0.15, 0.2) is 0 Å². The van der Waals surface area contributed by atoms with E-state index in [0.717, 1.165) is 31.2 Å². The number of rotatable bonds is 2. The van der Waals surface area contributed by atoms with Gasteiger partial charge in [-0.3, -0.25) is 10.2 Å². The van der Waals surface area contributed by atoms with Crippen LogP contribution >= 0.6 is 0 Å². The molecule has 0 spiro atoms. The van der Waals surface area contributed by atoms with Crippen LogP contribution in [0.1, 0.15) is 48.8 Å². The molecule has 98 valence electrons. The van der Waals surface area contributed by atoms with Crippen molar-refractivity contribution in [1.82, 2.24) is 5.43 Å². The maximum Gasteiger partial charge on any atom is 0.244 e. The number of hydrogen-bond donors (Lipinski definition) is 2. The molecule has 0 atom stereocenters. The van der Waals surface area contributed by atoms with Crippen molar-refractivity contribution in [3.05, 3.63) is 34.9 Å². The van der Waals surface area contributed by atoms with Crippen LogP contribution in [-0.2, 0) is 10.2 Å². The van der Waals surface area contributed by atoms with Crippen LogP contribution in [0.5, 0.6) is 0 Å². The maximum absolute atomic E-state index is 12.3. The van der Waals surface area contributed by atoms with Gasteiger partial charge in [-0.2, -0.15) is 0 Å². The van der Waals surface area contributed by atoms with Gasteiger partial charge in [-0.05, 0) is 37.8 Å². The highest BCUT2D eigenvalue weighted by molar-refractivity contribution is 5.88. The molecule has 0 aromatic heterocycles. The van der Waals surface area contributed by atoms with E-state index in [4.69, 9.17) is 5.84 Å². The molecule has 0 saturated heterocycles. The van der Waals surface area contributed by atoms with Crippen molar-refractivity contribution in [3.8, 4) is 0 Å². The molecule has 0 heterocycles. The zero-order chi connectivity index (χ0) is 13.2. The van der Waals surface area contributed by atoms with Gasteiger partial charge < -0.3 is 0 Å².